The van der Waals surface area contributed by atoms with E-state index in [9.17, 15) is 9.59 Å². The van der Waals surface area contributed by atoms with Gasteiger partial charge in [-0.1, -0.05) is 48.5 Å². The number of likely N-dealkylation sites (tertiary alicyclic amines) is 1. The van der Waals surface area contributed by atoms with E-state index in [1.807, 2.05) is 84.3 Å². The van der Waals surface area contributed by atoms with Crippen LogP contribution in [0, 0.1) is 6.92 Å². The van der Waals surface area contributed by atoms with Gasteiger partial charge in [0.25, 0.3) is 0 Å². The van der Waals surface area contributed by atoms with Crippen molar-refractivity contribution in [1.29, 1.82) is 0 Å². The van der Waals surface area contributed by atoms with Crippen LogP contribution in [-0.2, 0) is 4.79 Å². The Labute approximate surface area is 204 Å². The van der Waals surface area contributed by atoms with Crippen molar-refractivity contribution < 1.29 is 9.53 Å². The Bertz CT molecular complexity index is 1380. The molecule has 1 aromatic heterocycles. The second-order valence-corrected chi connectivity index (χ2v) is 9.09. The number of aromatic amines is 1. The SMILES string of the molecule is COc1ccc(C)cc1NC(=O)[C@@H](c1ccccc1)N1CCC(n2c(=O)[nH]c3ccccc32)CC1. The van der Waals surface area contributed by atoms with Crippen LogP contribution in [0.5, 0.6) is 5.75 Å². The van der Waals surface area contributed by atoms with E-state index >= 15 is 0 Å². The highest BCUT2D eigenvalue weighted by Gasteiger charge is 2.32. The quantitative estimate of drug-likeness (QED) is 0.429. The predicted octanol–water partition coefficient (Wildman–Crippen LogP) is 4.66. The molecule has 35 heavy (non-hydrogen) atoms. The average molecular weight is 471 g/mol. The van der Waals surface area contributed by atoms with Gasteiger partial charge < -0.3 is 15.0 Å². The minimum absolute atomic E-state index is 0.0754. The van der Waals surface area contributed by atoms with Crippen LogP contribution < -0.4 is 15.7 Å². The molecule has 7 nitrogen and oxygen atoms in total. The minimum Gasteiger partial charge on any atom is -0.495 e. The van der Waals surface area contributed by atoms with Gasteiger partial charge in [0.15, 0.2) is 0 Å². The summed E-state index contributed by atoms with van der Waals surface area (Å²) in [4.78, 5) is 31.5. The topological polar surface area (TPSA) is 79.4 Å². The number of methoxy groups -OCH3 is 1. The number of imidazole rings is 1. The van der Waals surface area contributed by atoms with Crippen LogP contribution in [0.3, 0.4) is 0 Å². The molecule has 4 aromatic rings. The lowest BCUT2D eigenvalue weighted by Gasteiger charge is -2.37. The first kappa shape index (κ1) is 22.9. The summed E-state index contributed by atoms with van der Waals surface area (Å²) in [5.41, 5.74) is 4.36. The highest BCUT2D eigenvalue weighted by Crippen LogP contribution is 2.32. The maximum Gasteiger partial charge on any atom is 0.326 e. The summed E-state index contributed by atoms with van der Waals surface area (Å²) >= 11 is 0. The first-order chi connectivity index (χ1) is 17.0. The summed E-state index contributed by atoms with van der Waals surface area (Å²) in [6.07, 6.45) is 1.57. The Hall–Kier alpha value is -3.84. The fourth-order valence-corrected chi connectivity index (χ4v) is 5.12. The number of hydrogen-bond acceptors (Lipinski definition) is 4. The predicted molar refractivity (Wildman–Crippen MR) is 138 cm³/mol. The fourth-order valence-electron chi connectivity index (χ4n) is 5.12. The third kappa shape index (κ3) is 4.59. The van der Waals surface area contributed by atoms with Crippen LogP contribution in [0.2, 0.25) is 0 Å². The van der Waals surface area contributed by atoms with E-state index in [0.717, 1.165) is 35.0 Å². The van der Waals surface area contributed by atoms with Gasteiger partial charge in [-0.15, -0.1) is 0 Å². The van der Waals surface area contributed by atoms with Crippen LogP contribution in [0.1, 0.15) is 36.1 Å². The Morgan fingerprint density at radius 3 is 2.49 bits per heavy atom. The van der Waals surface area contributed by atoms with Crippen molar-refractivity contribution in [3.63, 3.8) is 0 Å². The zero-order valence-electron chi connectivity index (χ0n) is 20.0. The molecule has 0 aliphatic carbocycles. The van der Waals surface area contributed by atoms with E-state index in [1.54, 1.807) is 7.11 Å². The summed E-state index contributed by atoms with van der Waals surface area (Å²) < 4.78 is 7.35. The van der Waals surface area contributed by atoms with Gasteiger partial charge in [0.05, 0.1) is 23.8 Å². The Morgan fingerprint density at radius 2 is 1.74 bits per heavy atom. The minimum atomic E-state index is -0.443. The Balaban J connectivity index is 1.39. The number of para-hydroxylation sites is 2. The number of fused-ring (bicyclic) bond motifs is 1. The number of H-pyrrole nitrogens is 1. The van der Waals surface area contributed by atoms with E-state index in [2.05, 4.69) is 15.2 Å². The molecule has 1 saturated heterocycles. The number of anilines is 1. The van der Waals surface area contributed by atoms with Crippen molar-refractivity contribution >= 4 is 22.6 Å². The van der Waals surface area contributed by atoms with Gasteiger partial charge in [-0.05, 0) is 55.2 Å². The number of aryl methyl sites for hydroxylation is 1. The molecule has 1 aliphatic heterocycles. The van der Waals surface area contributed by atoms with Gasteiger partial charge in [-0.2, -0.15) is 0 Å². The van der Waals surface area contributed by atoms with Crippen molar-refractivity contribution in [2.24, 2.45) is 0 Å². The highest BCUT2D eigenvalue weighted by molar-refractivity contribution is 5.97. The van der Waals surface area contributed by atoms with Crippen molar-refractivity contribution in [3.05, 3.63) is 94.4 Å². The molecule has 1 atom stereocenters. The number of nitrogens with one attached hydrogen (secondary N) is 2. The normalized spacial score (nSPS) is 15.7. The Morgan fingerprint density at radius 1 is 1.03 bits per heavy atom. The maximum absolute atomic E-state index is 13.7. The van der Waals surface area contributed by atoms with Crippen molar-refractivity contribution in [3.8, 4) is 5.75 Å². The van der Waals surface area contributed by atoms with Crippen LogP contribution in [0.15, 0.2) is 77.6 Å². The van der Waals surface area contributed by atoms with Gasteiger partial charge >= 0.3 is 5.69 Å². The number of amides is 1. The molecule has 1 fully saturated rings. The molecule has 180 valence electrons. The van der Waals surface area contributed by atoms with E-state index < -0.39 is 6.04 Å². The zero-order valence-corrected chi connectivity index (χ0v) is 20.0. The smallest absolute Gasteiger partial charge is 0.326 e. The van der Waals surface area contributed by atoms with Crippen LogP contribution in [-0.4, -0.2) is 40.6 Å². The summed E-state index contributed by atoms with van der Waals surface area (Å²) in [6, 6.07) is 23.1. The van der Waals surface area contributed by atoms with Gasteiger partial charge in [-0.3, -0.25) is 14.3 Å². The monoisotopic (exact) mass is 470 g/mol. The number of carbonyl (C=O) groups is 1. The lowest BCUT2D eigenvalue weighted by molar-refractivity contribution is -0.122. The van der Waals surface area contributed by atoms with E-state index in [4.69, 9.17) is 4.74 Å². The molecule has 1 aliphatic rings. The second-order valence-electron chi connectivity index (χ2n) is 9.09. The van der Waals surface area contributed by atoms with E-state index in [0.29, 0.717) is 24.5 Å². The van der Waals surface area contributed by atoms with Gasteiger partial charge in [0.2, 0.25) is 5.91 Å². The second kappa shape index (κ2) is 9.80. The molecule has 0 radical (unpaired) electrons. The summed E-state index contributed by atoms with van der Waals surface area (Å²) in [5.74, 6) is 0.538. The molecule has 0 unspecified atom stereocenters. The molecule has 5 rings (SSSR count). The number of rotatable bonds is 6. The molecule has 2 heterocycles. The molecule has 7 heteroatoms. The van der Waals surface area contributed by atoms with Crippen molar-refractivity contribution in [2.75, 3.05) is 25.5 Å². The molecule has 0 spiro atoms. The number of carbonyl (C=O) groups excluding carboxylic acids is 1. The third-order valence-corrected chi connectivity index (χ3v) is 6.83. The van der Waals surface area contributed by atoms with Gasteiger partial charge in [-0.25, -0.2) is 4.79 Å². The molecular formula is C28H30N4O3. The number of hydrogen-bond donors (Lipinski definition) is 2. The molecular weight excluding hydrogens is 440 g/mol. The standard InChI is InChI=1S/C28H30N4O3/c1-19-12-13-25(35-2)23(18-19)29-27(33)26(20-8-4-3-5-9-20)31-16-14-21(15-17-31)32-24-11-7-6-10-22(24)30-28(32)34/h3-13,18,21,26H,14-17H2,1-2H3,(H,29,33)(H,30,34)/t26-/m1/s1. The summed E-state index contributed by atoms with van der Waals surface area (Å²) in [6.45, 7) is 3.39. The lowest BCUT2D eigenvalue weighted by atomic mass is 9.98. The summed E-state index contributed by atoms with van der Waals surface area (Å²) in [5, 5.41) is 3.10. The fraction of sp³-hybridized carbons (Fsp3) is 0.286. The molecule has 0 saturated carbocycles. The largest absolute Gasteiger partial charge is 0.495 e. The summed E-state index contributed by atoms with van der Waals surface area (Å²) in [7, 11) is 1.60. The van der Waals surface area contributed by atoms with Gasteiger partial charge in [0.1, 0.15) is 11.8 Å². The third-order valence-electron chi connectivity index (χ3n) is 6.83. The van der Waals surface area contributed by atoms with Crippen molar-refractivity contribution in [2.45, 2.75) is 31.8 Å². The van der Waals surface area contributed by atoms with Crippen LogP contribution in [0.4, 0.5) is 5.69 Å². The van der Waals surface area contributed by atoms with E-state index in [1.165, 1.54) is 0 Å². The number of benzene rings is 3. The molecule has 0 bridgehead atoms. The zero-order chi connectivity index (χ0) is 24.4. The maximum atomic E-state index is 13.7. The molecule has 3 aromatic carbocycles. The number of piperidine rings is 1. The Kier molecular flexibility index (Phi) is 6.42. The number of aromatic nitrogens is 2. The first-order valence-corrected chi connectivity index (χ1v) is 12.0. The number of ether oxygens (including phenoxy) is 1. The van der Waals surface area contributed by atoms with Gasteiger partial charge in [0, 0.05) is 19.1 Å². The lowest BCUT2D eigenvalue weighted by Crippen LogP contribution is -2.43. The molecule has 1 amide bonds. The first-order valence-electron chi connectivity index (χ1n) is 12.0. The highest BCUT2D eigenvalue weighted by atomic mass is 16.5. The number of nitrogens with zero attached hydrogens (tertiary/aromatic N) is 2. The van der Waals surface area contributed by atoms with Crippen LogP contribution in [0.25, 0.3) is 11.0 Å². The average Bonchev–Trinajstić information content (AvgIpc) is 3.21. The molecule has 2 N–H and O–H groups in total. The van der Waals surface area contributed by atoms with E-state index in [-0.39, 0.29) is 17.6 Å². The van der Waals surface area contributed by atoms with Crippen molar-refractivity contribution in [1.82, 2.24) is 14.5 Å². The van der Waals surface area contributed by atoms with Crippen LogP contribution >= 0.6 is 0 Å².